The second-order valence-corrected chi connectivity index (χ2v) is 8.81. The van der Waals surface area contributed by atoms with E-state index in [0.29, 0.717) is 0 Å². The number of amides is 1. The zero-order valence-corrected chi connectivity index (χ0v) is 15.7. The van der Waals surface area contributed by atoms with E-state index in [1.165, 1.54) is 19.9 Å². The molecule has 1 amide bonds. The number of aryl methyl sites for hydroxylation is 2. The lowest BCUT2D eigenvalue weighted by Gasteiger charge is -2.20. The van der Waals surface area contributed by atoms with Gasteiger partial charge in [-0.05, 0) is 49.9 Å². The molecule has 0 aliphatic heterocycles. The van der Waals surface area contributed by atoms with E-state index in [1.54, 1.807) is 18.2 Å². The first-order valence-corrected chi connectivity index (χ1v) is 10.1. The van der Waals surface area contributed by atoms with Gasteiger partial charge >= 0.3 is 0 Å². The molecule has 0 spiro atoms. The normalized spacial score (nSPS) is 16.8. The molecule has 5 nitrogen and oxygen atoms in total. The summed E-state index contributed by atoms with van der Waals surface area (Å²) in [5.41, 5.74) is 1.97. The zero-order valence-electron chi connectivity index (χ0n) is 14.8. The summed E-state index contributed by atoms with van der Waals surface area (Å²) in [4.78, 5) is 12.4. The first-order chi connectivity index (χ1) is 11.3. The van der Waals surface area contributed by atoms with Crippen LogP contribution < -0.4 is 5.32 Å². The second kappa shape index (κ2) is 8.12. The molecule has 1 N–H and O–H groups in total. The van der Waals surface area contributed by atoms with Crippen LogP contribution in [0.15, 0.2) is 23.1 Å². The third-order valence-electron chi connectivity index (χ3n) is 4.77. The number of hydrogen-bond acceptors (Lipinski definition) is 3. The molecule has 1 aliphatic carbocycles. The third-order valence-corrected chi connectivity index (χ3v) is 6.57. The lowest BCUT2D eigenvalue weighted by molar-refractivity contribution is -0.121. The molecule has 0 aromatic heterocycles. The molecule has 1 aliphatic rings. The summed E-state index contributed by atoms with van der Waals surface area (Å²) in [5, 5.41) is 2.99. The Balaban J connectivity index is 2.00. The quantitative estimate of drug-likeness (QED) is 0.829. The van der Waals surface area contributed by atoms with Gasteiger partial charge in [-0.3, -0.25) is 4.79 Å². The number of benzene rings is 1. The topological polar surface area (TPSA) is 66.5 Å². The number of rotatable bonds is 5. The Bertz CT molecular complexity index is 678. The summed E-state index contributed by atoms with van der Waals surface area (Å²) < 4.78 is 26.4. The lowest BCUT2D eigenvalue weighted by atomic mass is 10.1. The van der Waals surface area contributed by atoms with Crippen LogP contribution in [0.1, 0.15) is 49.7 Å². The molecular weight excluding hydrogens is 324 g/mol. The maximum Gasteiger partial charge on any atom is 0.243 e. The second-order valence-electron chi connectivity index (χ2n) is 6.76. The smallest absolute Gasteiger partial charge is 0.243 e. The number of nitrogens with one attached hydrogen (secondary N) is 1. The average Bonchev–Trinajstić information content (AvgIpc) is 2.78. The van der Waals surface area contributed by atoms with E-state index in [9.17, 15) is 13.2 Å². The van der Waals surface area contributed by atoms with Gasteiger partial charge in [-0.1, -0.05) is 31.7 Å². The van der Waals surface area contributed by atoms with Crippen molar-refractivity contribution in [3.8, 4) is 0 Å². The number of nitrogens with zero attached hydrogens (tertiary/aromatic N) is 1. The third kappa shape index (κ3) is 4.80. The summed E-state index contributed by atoms with van der Waals surface area (Å²) >= 11 is 0. The molecule has 0 saturated heterocycles. The van der Waals surface area contributed by atoms with E-state index >= 15 is 0 Å². The zero-order chi connectivity index (χ0) is 17.7. The van der Waals surface area contributed by atoms with Crippen LogP contribution in [0.25, 0.3) is 0 Å². The fourth-order valence-electron chi connectivity index (χ4n) is 3.04. The van der Waals surface area contributed by atoms with Crippen molar-refractivity contribution < 1.29 is 13.2 Å². The van der Waals surface area contributed by atoms with Crippen LogP contribution >= 0.6 is 0 Å². The largest absolute Gasteiger partial charge is 0.352 e. The Morgan fingerprint density at radius 2 is 1.75 bits per heavy atom. The van der Waals surface area contributed by atoms with Crippen LogP contribution in [0.4, 0.5) is 0 Å². The van der Waals surface area contributed by atoms with Crippen LogP contribution in [-0.4, -0.2) is 38.3 Å². The van der Waals surface area contributed by atoms with Crippen LogP contribution in [0.2, 0.25) is 0 Å². The maximum atomic E-state index is 12.6. The van der Waals surface area contributed by atoms with Gasteiger partial charge in [0.1, 0.15) is 0 Å². The Morgan fingerprint density at radius 1 is 1.12 bits per heavy atom. The first kappa shape index (κ1) is 18.9. The first-order valence-electron chi connectivity index (χ1n) is 8.63. The number of carbonyl (C=O) groups excluding carboxylic acids is 1. The van der Waals surface area contributed by atoms with Gasteiger partial charge in [0.2, 0.25) is 15.9 Å². The fourth-order valence-corrected chi connectivity index (χ4v) is 4.25. The molecule has 6 heteroatoms. The van der Waals surface area contributed by atoms with Gasteiger partial charge in [-0.2, -0.15) is 4.31 Å². The molecule has 1 aromatic rings. The SMILES string of the molecule is Cc1ccc(S(=O)(=O)N(C)CC(=O)NC2CCCCCC2)cc1C. The number of sulfonamides is 1. The Hall–Kier alpha value is -1.40. The molecule has 0 unspecified atom stereocenters. The Kier molecular flexibility index (Phi) is 6.40. The predicted molar refractivity (Wildman–Crippen MR) is 95.4 cm³/mol. The highest BCUT2D eigenvalue weighted by molar-refractivity contribution is 7.89. The molecule has 1 saturated carbocycles. The van der Waals surface area contributed by atoms with Crippen molar-refractivity contribution in [3.05, 3.63) is 29.3 Å². The van der Waals surface area contributed by atoms with E-state index in [0.717, 1.165) is 41.1 Å². The summed E-state index contributed by atoms with van der Waals surface area (Å²) in [6, 6.07) is 5.22. The van der Waals surface area contributed by atoms with Gasteiger partial charge in [0.15, 0.2) is 0 Å². The summed E-state index contributed by atoms with van der Waals surface area (Å²) in [7, 11) is -2.19. The monoisotopic (exact) mass is 352 g/mol. The molecular formula is C18H28N2O3S. The molecule has 134 valence electrons. The summed E-state index contributed by atoms with van der Waals surface area (Å²) in [6.07, 6.45) is 6.66. The molecule has 0 heterocycles. The van der Waals surface area contributed by atoms with Crippen LogP contribution in [0.5, 0.6) is 0 Å². The fraction of sp³-hybridized carbons (Fsp3) is 0.611. The van der Waals surface area contributed by atoms with E-state index in [4.69, 9.17) is 0 Å². The Labute approximate surface area is 145 Å². The van der Waals surface area contributed by atoms with Gasteiger partial charge in [-0.25, -0.2) is 8.42 Å². The minimum Gasteiger partial charge on any atom is -0.352 e. The minimum atomic E-state index is -3.65. The van der Waals surface area contributed by atoms with Crippen LogP contribution in [0.3, 0.4) is 0 Å². The van der Waals surface area contributed by atoms with Crippen molar-refractivity contribution >= 4 is 15.9 Å². The van der Waals surface area contributed by atoms with Crippen molar-refractivity contribution in [2.45, 2.75) is 63.3 Å². The van der Waals surface area contributed by atoms with E-state index in [-0.39, 0.29) is 23.4 Å². The van der Waals surface area contributed by atoms with Crippen LogP contribution in [0, 0.1) is 13.8 Å². The van der Waals surface area contributed by atoms with E-state index in [2.05, 4.69) is 5.32 Å². The predicted octanol–water partition coefficient (Wildman–Crippen LogP) is 2.76. The molecule has 0 bridgehead atoms. The Morgan fingerprint density at radius 3 is 2.33 bits per heavy atom. The van der Waals surface area contributed by atoms with Gasteiger partial charge < -0.3 is 5.32 Å². The van der Waals surface area contributed by atoms with Gasteiger partial charge in [0, 0.05) is 13.1 Å². The number of likely N-dealkylation sites (N-methyl/N-ethyl adjacent to an activating group) is 1. The molecule has 0 radical (unpaired) electrons. The summed E-state index contributed by atoms with van der Waals surface area (Å²) in [6.45, 7) is 3.68. The van der Waals surface area contributed by atoms with E-state index in [1.807, 2.05) is 13.8 Å². The number of carbonyl (C=O) groups is 1. The molecule has 0 atom stereocenters. The van der Waals surface area contributed by atoms with Gasteiger partial charge in [0.25, 0.3) is 0 Å². The van der Waals surface area contributed by atoms with Crippen LogP contribution in [-0.2, 0) is 14.8 Å². The molecule has 24 heavy (non-hydrogen) atoms. The van der Waals surface area contributed by atoms with Crippen molar-refractivity contribution in [1.82, 2.24) is 9.62 Å². The highest BCUT2D eigenvalue weighted by Crippen LogP contribution is 2.19. The maximum absolute atomic E-state index is 12.6. The average molecular weight is 353 g/mol. The molecule has 1 fully saturated rings. The van der Waals surface area contributed by atoms with Gasteiger partial charge in [0.05, 0.1) is 11.4 Å². The highest BCUT2D eigenvalue weighted by Gasteiger charge is 2.24. The standard InChI is InChI=1S/C18H28N2O3S/c1-14-10-11-17(12-15(14)2)24(22,23)20(3)13-18(21)19-16-8-6-4-5-7-9-16/h10-12,16H,4-9,13H2,1-3H3,(H,19,21). The van der Waals surface area contributed by atoms with Crippen molar-refractivity contribution in [3.63, 3.8) is 0 Å². The van der Waals surface area contributed by atoms with Crippen molar-refractivity contribution in [2.75, 3.05) is 13.6 Å². The molecule has 1 aromatic carbocycles. The minimum absolute atomic E-state index is 0.147. The lowest BCUT2D eigenvalue weighted by Crippen LogP contribution is -2.42. The number of hydrogen-bond donors (Lipinski definition) is 1. The molecule has 2 rings (SSSR count). The van der Waals surface area contributed by atoms with Crippen molar-refractivity contribution in [2.24, 2.45) is 0 Å². The van der Waals surface area contributed by atoms with Gasteiger partial charge in [-0.15, -0.1) is 0 Å². The highest BCUT2D eigenvalue weighted by atomic mass is 32.2. The van der Waals surface area contributed by atoms with Crippen molar-refractivity contribution in [1.29, 1.82) is 0 Å². The van der Waals surface area contributed by atoms with E-state index < -0.39 is 10.0 Å². The summed E-state index contributed by atoms with van der Waals surface area (Å²) in [5.74, 6) is -0.225.